The van der Waals surface area contributed by atoms with Crippen LogP contribution in [0.5, 0.6) is 0 Å². The van der Waals surface area contributed by atoms with Crippen LogP contribution in [0, 0.1) is 12.3 Å². The molecular weight excluding hydrogens is 224 g/mol. The van der Waals surface area contributed by atoms with Crippen LogP contribution in [0.2, 0.25) is 0 Å². The zero-order valence-electron chi connectivity index (χ0n) is 10.9. The van der Waals surface area contributed by atoms with Crippen molar-refractivity contribution in [3.63, 3.8) is 0 Å². The number of terminal acetylenes is 1. The van der Waals surface area contributed by atoms with E-state index in [2.05, 4.69) is 5.92 Å². The van der Waals surface area contributed by atoms with Gasteiger partial charge >= 0.3 is 0 Å². The monoisotopic (exact) mass is 244 g/mol. The zero-order valence-corrected chi connectivity index (χ0v) is 10.9. The Morgan fingerprint density at radius 3 is 2.89 bits per heavy atom. The lowest BCUT2D eigenvalue weighted by Crippen LogP contribution is -2.32. The Labute approximate surface area is 109 Å². The lowest BCUT2D eigenvalue weighted by Gasteiger charge is -2.19. The molecule has 0 fully saturated rings. The van der Waals surface area contributed by atoms with Gasteiger partial charge in [-0.2, -0.15) is 0 Å². The maximum Gasteiger partial charge on any atom is 0.223 e. The van der Waals surface area contributed by atoms with Crippen molar-refractivity contribution in [1.82, 2.24) is 4.90 Å². The highest BCUT2D eigenvalue weighted by Crippen LogP contribution is 2.09. The summed E-state index contributed by atoms with van der Waals surface area (Å²) in [4.78, 5) is 13.7. The molecule has 0 aliphatic carbocycles. The molecule has 0 aliphatic heterocycles. The van der Waals surface area contributed by atoms with Gasteiger partial charge in [0, 0.05) is 18.7 Å². The van der Waals surface area contributed by atoms with E-state index in [1.165, 1.54) is 0 Å². The van der Waals surface area contributed by atoms with Crippen molar-refractivity contribution in [2.75, 3.05) is 18.8 Å². The summed E-state index contributed by atoms with van der Waals surface area (Å²) in [6.45, 7) is 3.15. The van der Waals surface area contributed by atoms with Gasteiger partial charge in [0.2, 0.25) is 5.91 Å². The first-order chi connectivity index (χ1) is 8.67. The molecule has 3 nitrogen and oxygen atoms in total. The fourth-order valence-corrected chi connectivity index (χ4v) is 1.83. The minimum Gasteiger partial charge on any atom is -0.399 e. The first kappa shape index (κ1) is 14.1. The zero-order chi connectivity index (χ0) is 13.4. The molecule has 0 saturated carbocycles. The third kappa shape index (κ3) is 4.50. The van der Waals surface area contributed by atoms with E-state index in [1.54, 1.807) is 4.90 Å². The van der Waals surface area contributed by atoms with Crippen molar-refractivity contribution < 1.29 is 4.79 Å². The smallest absolute Gasteiger partial charge is 0.223 e. The number of anilines is 1. The van der Waals surface area contributed by atoms with Gasteiger partial charge in [0.25, 0.3) is 0 Å². The van der Waals surface area contributed by atoms with Crippen molar-refractivity contribution >= 4 is 11.6 Å². The van der Waals surface area contributed by atoms with Crippen LogP contribution in [0.1, 0.15) is 25.3 Å². The molecule has 1 aromatic rings. The lowest BCUT2D eigenvalue weighted by atomic mass is 10.1. The Hall–Kier alpha value is -1.95. The fourth-order valence-electron chi connectivity index (χ4n) is 1.83. The molecule has 0 radical (unpaired) electrons. The standard InChI is InChI=1S/C15H20N2O/c1-3-10-17(11-4-2)15(18)9-8-13-6-5-7-14(16)12-13/h1,5-7,12H,4,8-11,16H2,2H3. The molecule has 0 bridgehead atoms. The van der Waals surface area contributed by atoms with Crippen LogP contribution >= 0.6 is 0 Å². The van der Waals surface area contributed by atoms with Gasteiger partial charge in [-0.25, -0.2) is 0 Å². The van der Waals surface area contributed by atoms with Gasteiger partial charge in [-0.1, -0.05) is 25.0 Å². The van der Waals surface area contributed by atoms with Crippen LogP contribution in [0.15, 0.2) is 24.3 Å². The molecule has 1 aromatic carbocycles. The molecule has 18 heavy (non-hydrogen) atoms. The molecule has 0 spiro atoms. The molecule has 0 atom stereocenters. The predicted octanol–water partition coefficient (Wildman–Crippen LogP) is 2.07. The summed E-state index contributed by atoms with van der Waals surface area (Å²) in [5, 5.41) is 0. The summed E-state index contributed by atoms with van der Waals surface area (Å²) < 4.78 is 0. The average molecular weight is 244 g/mol. The van der Waals surface area contributed by atoms with E-state index in [0.717, 1.165) is 24.2 Å². The molecule has 2 N–H and O–H groups in total. The number of hydrogen-bond donors (Lipinski definition) is 1. The van der Waals surface area contributed by atoms with Gasteiger partial charge in [-0.3, -0.25) is 4.79 Å². The lowest BCUT2D eigenvalue weighted by molar-refractivity contribution is -0.130. The molecule has 1 amide bonds. The summed E-state index contributed by atoms with van der Waals surface area (Å²) in [7, 11) is 0. The summed E-state index contributed by atoms with van der Waals surface area (Å²) in [6, 6.07) is 7.63. The van der Waals surface area contributed by atoms with Gasteiger partial charge in [0.05, 0.1) is 6.54 Å². The second-order valence-electron chi connectivity index (χ2n) is 4.26. The maximum absolute atomic E-state index is 12.0. The molecule has 96 valence electrons. The highest BCUT2D eigenvalue weighted by molar-refractivity contribution is 5.76. The minimum absolute atomic E-state index is 0.109. The van der Waals surface area contributed by atoms with Crippen LogP contribution in [0.25, 0.3) is 0 Å². The summed E-state index contributed by atoms with van der Waals surface area (Å²) in [5.41, 5.74) is 7.51. The number of benzene rings is 1. The second-order valence-corrected chi connectivity index (χ2v) is 4.26. The molecule has 0 aliphatic rings. The van der Waals surface area contributed by atoms with Gasteiger partial charge < -0.3 is 10.6 Å². The number of nitrogens with two attached hydrogens (primary N) is 1. The summed E-state index contributed by atoms with van der Waals surface area (Å²) in [6.07, 6.45) is 7.37. The van der Waals surface area contributed by atoms with E-state index in [9.17, 15) is 4.79 Å². The van der Waals surface area contributed by atoms with Crippen LogP contribution in [-0.4, -0.2) is 23.9 Å². The Balaban J connectivity index is 2.51. The number of rotatable bonds is 6. The first-order valence-electron chi connectivity index (χ1n) is 6.23. The molecule has 1 rings (SSSR count). The fraction of sp³-hybridized carbons (Fsp3) is 0.400. The number of amides is 1. The number of nitrogens with zero attached hydrogens (tertiary/aromatic N) is 1. The minimum atomic E-state index is 0.109. The van der Waals surface area contributed by atoms with Gasteiger partial charge in [-0.05, 0) is 30.5 Å². The third-order valence-electron chi connectivity index (χ3n) is 2.71. The van der Waals surface area contributed by atoms with Gasteiger partial charge in [0.1, 0.15) is 0 Å². The summed E-state index contributed by atoms with van der Waals surface area (Å²) in [5.74, 6) is 2.63. The number of carbonyl (C=O) groups is 1. The Kier molecular flexibility index (Phi) is 5.79. The first-order valence-corrected chi connectivity index (χ1v) is 6.23. The van der Waals surface area contributed by atoms with Crippen molar-refractivity contribution in [2.45, 2.75) is 26.2 Å². The molecular formula is C15H20N2O. The highest BCUT2D eigenvalue weighted by Gasteiger charge is 2.11. The highest BCUT2D eigenvalue weighted by atomic mass is 16.2. The Morgan fingerprint density at radius 1 is 1.50 bits per heavy atom. The number of carbonyl (C=O) groups excluding carboxylic acids is 1. The molecule has 0 aromatic heterocycles. The second kappa shape index (κ2) is 7.39. The third-order valence-corrected chi connectivity index (χ3v) is 2.71. The Bertz CT molecular complexity index is 434. The predicted molar refractivity (Wildman–Crippen MR) is 74.9 cm³/mol. The van der Waals surface area contributed by atoms with Crippen LogP contribution in [0.3, 0.4) is 0 Å². The van der Waals surface area contributed by atoms with E-state index < -0.39 is 0 Å². The van der Waals surface area contributed by atoms with E-state index in [1.807, 2.05) is 31.2 Å². The number of hydrogen-bond acceptors (Lipinski definition) is 2. The van der Waals surface area contributed by atoms with Crippen LogP contribution in [-0.2, 0) is 11.2 Å². The molecule has 3 heteroatoms. The van der Waals surface area contributed by atoms with Crippen LogP contribution in [0.4, 0.5) is 5.69 Å². The topological polar surface area (TPSA) is 46.3 Å². The maximum atomic E-state index is 12.0. The average Bonchev–Trinajstić information content (AvgIpc) is 2.36. The van der Waals surface area contributed by atoms with Crippen LogP contribution < -0.4 is 5.73 Å². The van der Waals surface area contributed by atoms with E-state index in [-0.39, 0.29) is 5.91 Å². The van der Waals surface area contributed by atoms with E-state index in [4.69, 9.17) is 12.2 Å². The molecule has 0 saturated heterocycles. The van der Waals surface area contributed by atoms with Crippen molar-refractivity contribution in [2.24, 2.45) is 0 Å². The number of nitrogen functional groups attached to an aromatic ring is 1. The van der Waals surface area contributed by atoms with E-state index in [0.29, 0.717) is 19.4 Å². The van der Waals surface area contributed by atoms with Crippen molar-refractivity contribution in [1.29, 1.82) is 0 Å². The number of aryl methyl sites for hydroxylation is 1. The van der Waals surface area contributed by atoms with Gasteiger partial charge in [0.15, 0.2) is 0 Å². The molecule has 0 heterocycles. The van der Waals surface area contributed by atoms with Crippen molar-refractivity contribution in [3.8, 4) is 12.3 Å². The normalized spacial score (nSPS) is 9.78. The quantitative estimate of drug-likeness (QED) is 0.615. The van der Waals surface area contributed by atoms with Crippen molar-refractivity contribution in [3.05, 3.63) is 29.8 Å². The summed E-state index contributed by atoms with van der Waals surface area (Å²) >= 11 is 0. The Morgan fingerprint density at radius 2 is 2.28 bits per heavy atom. The largest absolute Gasteiger partial charge is 0.399 e. The molecule has 0 unspecified atom stereocenters. The van der Waals surface area contributed by atoms with Gasteiger partial charge in [-0.15, -0.1) is 6.42 Å². The van der Waals surface area contributed by atoms with E-state index >= 15 is 0 Å². The SMILES string of the molecule is C#CCN(CCC)C(=O)CCc1cccc(N)c1.